The van der Waals surface area contributed by atoms with Crippen LogP contribution in [0.4, 0.5) is 0 Å². The predicted molar refractivity (Wildman–Crippen MR) is 63.9 cm³/mol. The van der Waals surface area contributed by atoms with E-state index in [1.54, 1.807) is 0 Å². The van der Waals surface area contributed by atoms with Crippen molar-refractivity contribution in [3.8, 4) is 0 Å². The van der Waals surface area contributed by atoms with E-state index in [4.69, 9.17) is 0 Å². The fourth-order valence-electron chi connectivity index (χ4n) is 1.78. The van der Waals surface area contributed by atoms with E-state index in [1.807, 2.05) is 18.2 Å². The Kier molecular flexibility index (Phi) is 5.37. The summed E-state index contributed by atoms with van der Waals surface area (Å²) in [5.74, 6) is 0. The Morgan fingerprint density at radius 2 is 1.93 bits per heavy atom. The number of nitrogens with zero attached hydrogens (tertiary/aromatic N) is 1. The van der Waals surface area contributed by atoms with Gasteiger partial charge >= 0.3 is 0 Å². The SMILES string of the molecule is CCCN(C)[C@H](CO)Cc1ccccc1. The summed E-state index contributed by atoms with van der Waals surface area (Å²) in [7, 11) is 2.08. The minimum atomic E-state index is 0.228. The van der Waals surface area contributed by atoms with Crippen molar-refractivity contribution in [1.82, 2.24) is 4.90 Å². The van der Waals surface area contributed by atoms with E-state index in [-0.39, 0.29) is 12.6 Å². The highest BCUT2D eigenvalue weighted by atomic mass is 16.3. The molecule has 1 aromatic carbocycles. The molecule has 0 aliphatic heterocycles. The number of likely N-dealkylation sites (N-methyl/N-ethyl adjacent to an activating group) is 1. The molecular formula is C13H21NO. The summed E-state index contributed by atoms with van der Waals surface area (Å²) in [5.41, 5.74) is 1.29. The molecule has 0 aliphatic rings. The van der Waals surface area contributed by atoms with Gasteiger partial charge in [-0.3, -0.25) is 0 Å². The molecule has 84 valence electrons. The summed E-state index contributed by atoms with van der Waals surface area (Å²) in [4.78, 5) is 2.23. The zero-order chi connectivity index (χ0) is 11.1. The number of rotatable bonds is 6. The fraction of sp³-hybridized carbons (Fsp3) is 0.538. The molecule has 0 heterocycles. The fourth-order valence-corrected chi connectivity index (χ4v) is 1.78. The minimum Gasteiger partial charge on any atom is -0.395 e. The van der Waals surface area contributed by atoms with Crippen molar-refractivity contribution >= 4 is 0 Å². The van der Waals surface area contributed by atoms with Crippen molar-refractivity contribution in [3.05, 3.63) is 35.9 Å². The summed E-state index contributed by atoms with van der Waals surface area (Å²) in [6.07, 6.45) is 2.05. The van der Waals surface area contributed by atoms with Gasteiger partial charge in [-0.1, -0.05) is 37.3 Å². The Bertz CT molecular complexity index is 260. The first-order valence-corrected chi connectivity index (χ1v) is 5.63. The van der Waals surface area contributed by atoms with Gasteiger partial charge in [0.15, 0.2) is 0 Å². The Hall–Kier alpha value is -0.860. The van der Waals surface area contributed by atoms with E-state index in [0.29, 0.717) is 0 Å². The molecule has 0 spiro atoms. The monoisotopic (exact) mass is 207 g/mol. The third kappa shape index (κ3) is 4.02. The van der Waals surface area contributed by atoms with Gasteiger partial charge in [-0.15, -0.1) is 0 Å². The number of aliphatic hydroxyl groups excluding tert-OH is 1. The second-order valence-corrected chi connectivity index (χ2v) is 4.01. The lowest BCUT2D eigenvalue weighted by Crippen LogP contribution is -2.37. The number of hydrogen-bond acceptors (Lipinski definition) is 2. The summed E-state index contributed by atoms with van der Waals surface area (Å²) in [6.45, 7) is 3.43. The van der Waals surface area contributed by atoms with Crippen molar-refractivity contribution < 1.29 is 5.11 Å². The molecule has 1 N–H and O–H groups in total. The summed E-state index contributed by atoms with van der Waals surface area (Å²) < 4.78 is 0. The van der Waals surface area contributed by atoms with E-state index in [0.717, 1.165) is 19.4 Å². The van der Waals surface area contributed by atoms with Gasteiger partial charge in [0, 0.05) is 6.04 Å². The smallest absolute Gasteiger partial charge is 0.0589 e. The Labute approximate surface area is 92.5 Å². The molecule has 2 heteroatoms. The molecule has 0 saturated carbocycles. The van der Waals surface area contributed by atoms with Gasteiger partial charge in [0.05, 0.1) is 6.61 Å². The summed E-state index contributed by atoms with van der Waals surface area (Å²) in [5, 5.41) is 9.34. The lowest BCUT2D eigenvalue weighted by atomic mass is 10.1. The number of aliphatic hydroxyl groups is 1. The highest BCUT2D eigenvalue weighted by Crippen LogP contribution is 2.07. The molecule has 0 radical (unpaired) electrons. The molecule has 0 fully saturated rings. The van der Waals surface area contributed by atoms with Gasteiger partial charge in [0.25, 0.3) is 0 Å². The lowest BCUT2D eigenvalue weighted by Gasteiger charge is -2.26. The summed E-state index contributed by atoms with van der Waals surface area (Å²) >= 11 is 0. The molecule has 1 rings (SSSR count). The van der Waals surface area contributed by atoms with E-state index in [9.17, 15) is 5.11 Å². The van der Waals surface area contributed by atoms with Crippen LogP contribution in [0.2, 0.25) is 0 Å². The third-order valence-corrected chi connectivity index (χ3v) is 2.72. The van der Waals surface area contributed by atoms with Gasteiger partial charge < -0.3 is 10.0 Å². The van der Waals surface area contributed by atoms with Crippen molar-refractivity contribution in [3.63, 3.8) is 0 Å². The third-order valence-electron chi connectivity index (χ3n) is 2.72. The molecular weight excluding hydrogens is 186 g/mol. The van der Waals surface area contributed by atoms with Crippen LogP contribution in [0.3, 0.4) is 0 Å². The minimum absolute atomic E-state index is 0.228. The van der Waals surface area contributed by atoms with Crippen molar-refractivity contribution in [2.45, 2.75) is 25.8 Å². The molecule has 0 unspecified atom stereocenters. The molecule has 0 aliphatic carbocycles. The van der Waals surface area contributed by atoms with Gasteiger partial charge in [-0.2, -0.15) is 0 Å². The molecule has 1 atom stereocenters. The van der Waals surface area contributed by atoms with Crippen LogP contribution in [0.1, 0.15) is 18.9 Å². The maximum atomic E-state index is 9.34. The zero-order valence-corrected chi connectivity index (χ0v) is 9.69. The number of hydrogen-bond donors (Lipinski definition) is 1. The van der Waals surface area contributed by atoms with Gasteiger partial charge in [0.2, 0.25) is 0 Å². The van der Waals surface area contributed by atoms with Crippen molar-refractivity contribution in [2.75, 3.05) is 20.2 Å². The first-order chi connectivity index (χ1) is 7.27. The molecule has 0 saturated heterocycles. The topological polar surface area (TPSA) is 23.5 Å². The zero-order valence-electron chi connectivity index (χ0n) is 9.69. The van der Waals surface area contributed by atoms with Crippen molar-refractivity contribution in [2.24, 2.45) is 0 Å². The van der Waals surface area contributed by atoms with Crippen LogP contribution in [-0.2, 0) is 6.42 Å². The molecule has 0 bridgehead atoms. The van der Waals surface area contributed by atoms with Crippen LogP contribution in [0, 0.1) is 0 Å². The van der Waals surface area contributed by atoms with Gasteiger partial charge in [0.1, 0.15) is 0 Å². The van der Waals surface area contributed by atoms with Crippen LogP contribution in [0.15, 0.2) is 30.3 Å². The Morgan fingerprint density at radius 1 is 1.27 bits per heavy atom. The van der Waals surface area contributed by atoms with E-state index >= 15 is 0 Å². The van der Waals surface area contributed by atoms with Crippen LogP contribution >= 0.6 is 0 Å². The highest BCUT2D eigenvalue weighted by molar-refractivity contribution is 5.15. The molecule has 15 heavy (non-hydrogen) atoms. The van der Waals surface area contributed by atoms with Gasteiger partial charge in [-0.05, 0) is 32.0 Å². The van der Waals surface area contributed by atoms with E-state index in [1.165, 1.54) is 5.56 Å². The largest absolute Gasteiger partial charge is 0.395 e. The first-order valence-electron chi connectivity index (χ1n) is 5.63. The number of benzene rings is 1. The average Bonchev–Trinajstić information content (AvgIpc) is 2.27. The second-order valence-electron chi connectivity index (χ2n) is 4.01. The molecule has 0 amide bonds. The maximum Gasteiger partial charge on any atom is 0.0589 e. The molecule has 1 aromatic rings. The van der Waals surface area contributed by atoms with E-state index < -0.39 is 0 Å². The molecule has 2 nitrogen and oxygen atoms in total. The standard InChI is InChI=1S/C13H21NO/c1-3-9-14(2)13(11-15)10-12-7-5-4-6-8-12/h4-8,13,15H,3,9-11H2,1-2H3/t13-/m0/s1. The lowest BCUT2D eigenvalue weighted by molar-refractivity contribution is 0.146. The van der Waals surface area contributed by atoms with Gasteiger partial charge in [-0.25, -0.2) is 0 Å². The quantitative estimate of drug-likeness (QED) is 0.770. The maximum absolute atomic E-state index is 9.34. The molecule has 0 aromatic heterocycles. The Morgan fingerprint density at radius 3 is 2.47 bits per heavy atom. The predicted octanol–water partition coefficient (Wildman–Crippen LogP) is 1.93. The second kappa shape index (κ2) is 6.59. The van der Waals surface area contributed by atoms with E-state index in [2.05, 4.69) is 31.0 Å². The van der Waals surface area contributed by atoms with Crippen molar-refractivity contribution in [1.29, 1.82) is 0 Å². The van der Waals surface area contributed by atoms with Crippen LogP contribution < -0.4 is 0 Å². The first kappa shape index (κ1) is 12.2. The normalized spacial score (nSPS) is 13.1. The van der Waals surface area contributed by atoms with Crippen LogP contribution in [0.25, 0.3) is 0 Å². The Balaban J connectivity index is 2.53. The van der Waals surface area contributed by atoms with Crippen LogP contribution in [0.5, 0.6) is 0 Å². The summed E-state index contributed by atoms with van der Waals surface area (Å²) in [6, 6.07) is 10.6. The average molecular weight is 207 g/mol. The van der Waals surface area contributed by atoms with Crippen LogP contribution in [-0.4, -0.2) is 36.2 Å². The highest BCUT2D eigenvalue weighted by Gasteiger charge is 2.12.